The van der Waals surface area contributed by atoms with Crippen LogP contribution in [0.5, 0.6) is 0 Å². The maximum absolute atomic E-state index is 13.8. The van der Waals surface area contributed by atoms with E-state index < -0.39 is 45.4 Å². The number of hydrogen-bond donors (Lipinski definition) is 1. The van der Waals surface area contributed by atoms with Crippen LogP contribution in [0.3, 0.4) is 0 Å². The van der Waals surface area contributed by atoms with E-state index in [1.165, 1.54) is 0 Å². The number of aromatic carboxylic acids is 1. The molecule has 1 aromatic carbocycles. The molecule has 10 heteroatoms. The van der Waals surface area contributed by atoms with Crippen molar-refractivity contribution >= 4 is 17.6 Å². The van der Waals surface area contributed by atoms with Crippen LogP contribution in [-0.2, 0) is 6.18 Å². The predicted octanol–water partition coefficient (Wildman–Crippen LogP) is 2.74. The maximum Gasteiger partial charge on any atom is 0.418 e. The monoisotopic (exact) mass is 336 g/mol. The zero-order chi connectivity index (χ0) is 16.7. The lowest BCUT2D eigenvalue weighted by Gasteiger charge is -2.10. The van der Waals surface area contributed by atoms with E-state index in [-0.39, 0.29) is 6.07 Å². The number of carbonyl (C=O) groups is 1. The van der Waals surface area contributed by atoms with Gasteiger partial charge in [0.15, 0.2) is 5.82 Å². The first kappa shape index (κ1) is 16.0. The standard InChI is InChI=1S/C12H5ClF4N2O3/c13-7-3-8(14)9(2-6(7)11(21)22)19-10(20)1-5(4-18-19)12(15,16)17/h1-4H,(H,21,22). The minimum Gasteiger partial charge on any atom is -0.478 e. The normalized spacial score (nSPS) is 11.5. The Kier molecular flexibility index (Phi) is 3.92. The Morgan fingerprint density at radius 1 is 1.27 bits per heavy atom. The smallest absolute Gasteiger partial charge is 0.418 e. The molecular formula is C12H5ClF4N2O3. The van der Waals surface area contributed by atoms with Crippen LogP contribution in [0.25, 0.3) is 5.69 Å². The molecule has 0 saturated heterocycles. The number of alkyl halides is 3. The molecule has 0 unspecified atom stereocenters. The van der Waals surface area contributed by atoms with Gasteiger partial charge >= 0.3 is 12.1 Å². The van der Waals surface area contributed by atoms with Crippen LogP contribution in [0.2, 0.25) is 5.02 Å². The number of aromatic nitrogens is 2. The van der Waals surface area contributed by atoms with Crippen molar-refractivity contribution < 1.29 is 27.5 Å². The van der Waals surface area contributed by atoms with Crippen molar-refractivity contribution in [1.82, 2.24) is 9.78 Å². The largest absolute Gasteiger partial charge is 0.478 e. The maximum atomic E-state index is 13.8. The van der Waals surface area contributed by atoms with Crippen LogP contribution >= 0.6 is 11.6 Å². The molecule has 0 bridgehead atoms. The van der Waals surface area contributed by atoms with Crippen molar-refractivity contribution in [2.45, 2.75) is 6.18 Å². The summed E-state index contributed by atoms with van der Waals surface area (Å²) in [7, 11) is 0. The summed E-state index contributed by atoms with van der Waals surface area (Å²) >= 11 is 5.53. The quantitative estimate of drug-likeness (QED) is 0.856. The first-order valence-electron chi connectivity index (χ1n) is 5.50. The molecule has 0 amide bonds. The molecule has 22 heavy (non-hydrogen) atoms. The summed E-state index contributed by atoms with van der Waals surface area (Å²) in [6, 6.07) is 1.56. The number of halogens is 5. The minimum absolute atomic E-state index is 0.224. The van der Waals surface area contributed by atoms with Gasteiger partial charge in [-0.15, -0.1) is 0 Å². The molecule has 0 aliphatic rings. The molecule has 0 aliphatic carbocycles. The number of benzene rings is 1. The predicted molar refractivity (Wildman–Crippen MR) is 66.8 cm³/mol. The van der Waals surface area contributed by atoms with Crippen LogP contribution in [0.15, 0.2) is 29.2 Å². The first-order chi connectivity index (χ1) is 10.1. The highest BCUT2D eigenvalue weighted by molar-refractivity contribution is 6.33. The third-order valence-electron chi connectivity index (χ3n) is 2.62. The Hall–Kier alpha value is -2.42. The van der Waals surface area contributed by atoms with E-state index in [0.717, 1.165) is 0 Å². The summed E-state index contributed by atoms with van der Waals surface area (Å²) in [6.07, 6.45) is -4.45. The summed E-state index contributed by atoms with van der Waals surface area (Å²) in [5.41, 5.74) is -3.72. The molecule has 0 aliphatic heterocycles. The second kappa shape index (κ2) is 5.41. The van der Waals surface area contributed by atoms with E-state index >= 15 is 0 Å². The molecule has 0 saturated carbocycles. The van der Waals surface area contributed by atoms with Crippen molar-refractivity contribution in [1.29, 1.82) is 0 Å². The fourth-order valence-electron chi connectivity index (χ4n) is 1.61. The summed E-state index contributed by atoms with van der Waals surface area (Å²) in [5.74, 6) is -2.60. The van der Waals surface area contributed by atoms with Crippen molar-refractivity contribution in [3.05, 3.63) is 56.7 Å². The average Bonchev–Trinajstić information content (AvgIpc) is 2.38. The SMILES string of the molecule is O=C(O)c1cc(-n2ncc(C(F)(F)F)cc2=O)c(F)cc1Cl. The Bertz CT molecular complexity index is 817. The lowest BCUT2D eigenvalue weighted by Crippen LogP contribution is -2.24. The number of rotatable bonds is 2. The highest BCUT2D eigenvalue weighted by Gasteiger charge is 2.32. The molecule has 0 fully saturated rings. The van der Waals surface area contributed by atoms with Crippen LogP contribution in [0, 0.1) is 5.82 Å². The second-order valence-corrected chi connectivity index (χ2v) is 4.49. The lowest BCUT2D eigenvalue weighted by atomic mass is 10.2. The molecule has 116 valence electrons. The zero-order valence-corrected chi connectivity index (χ0v) is 11.1. The zero-order valence-electron chi connectivity index (χ0n) is 10.4. The number of carboxylic acids is 1. The third kappa shape index (κ3) is 2.93. The fraction of sp³-hybridized carbons (Fsp3) is 0.0833. The van der Waals surface area contributed by atoms with Crippen molar-refractivity contribution in [3.8, 4) is 5.69 Å². The summed E-state index contributed by atoms with van der Waals surface area (Å²) in [6.45, 7) is 0. The molecule has 2 aromatic rings. The van der Waals surface area contributed by atoms with Gasteiger partial charge in [-0.05, 0) is 12.1 Å². The molecular weight excluding hydrogens is 332 g/mol. The van der Waals surface area contributed by atoms with Crippen LogP contribution in [0.1, 0.15) is 15.9 Å². The third-order valence-corrected chi connectivity index (χ3v) is 2.94. The Labute approximate surface area is 124 Å². The van der Waals surface area contributed by atoms with Gasteiger partial charge in [0.2, 0.25) is 0 Å². The van der Waals surface area contributed by atoms with Gasteiger partial charge in [-0.1, -0.05) is 11.6 Å². The van der Waals surface area contributed by atoms with E-state index in [9.17, 15) is 27.2 Å². The summed E-state index contributed by atoms with van der Waals surface area (Å²) < 4.78 is 51.4. The molecule has 1 N–H and O–H groups in total. The van der Waals surface area contributed by atoms with Gasteiger partial charge in [0.1, 0.15) is 5.69 Å². The lowest BCUT2D eigenvalue weighted by molar-refractivity contribution is -0.138. The molecule has 0 atom stereocenters. The van der Waals surface area contributed by atoms with Gasteiger partial charge in [0.05, 0.1) is 22.3 Å². The molecule has 2 rings (SSSR count). The molecule has 1 heterocycles. The average molecular weight is 337 g/mol. The first-order valence-corrected chi connectivity index (χ1v) is 5.88. The highest BCUT2D eigenvalue weighted by Crippen LogP contribution is 2.28. The number of nitrogens with zero attached hydrogens (tertiary/aromatic N) is 2. The molecule has 1 aromatic heterocycles. The van der Waals surface area contributed by atoms with Crippen molar-refractivity contribution in [3.63, 3.8) is 0 Å². The van der Waals surface area contributed by atoms with E-state index in [2.05, 4.69) is 5.10 Å². The molecule has 0 spiro atoms. The van der Waals surface area contributed by atoms with E-state index in [1.807, 2.05) is 0 Å². The van der Waals surface area contributed by atoms with Crippen molar-refractivity contribution in [2.24, 2.45) is 0 Å². The summed E-state index contributed by atoms with van der Waals surface area (Å²) in [4.78, 5) is 22.6. The van der Waals surface area contributed by atoms with Gasteiger partial charge in [-0.3, -0.25) is 4.79 Å². The number of carboxylic acid groups (broad SMARTS) is 1. The van der Waals surface area contributed by atoms with Gasteiger partial charge < -0.3 is 5.11 Å². The fourth-order valence-corrected chi connectivity index (χ4v) is 1.84. The van der Waals surface area contributed by atoms with Gasteiger partial charge in [-0.25, -0.2) is 9.18 Å². The van der Waals surface area contributed by atoms with Gasteiger partial charge in [-0.2, -0.15) is 23.0 Å². The van der Waals surface area contributed by atoms with Crippen LogP contribution in [-0.4, -0.2) is 20.9 Å². The van der Waals surface area contributed by atoms with Gasteiger partial charge in [0.25, 0.3) is 5.56 Å². The van der Waals surface area contributed by atoms with Crippen molar-refractivity contribution in [2.75, 3.05) is 0 Å². The minimum atomic E-state index is -4.78. The molecule has 5 nitrogen and oxygen atoms in total. The van der Waals surface area contributed by atoms with E-state index in [0.29, 0.717) is 23.0 Å². The Morgan fingerprint density at radius 3 is 2.41 bits per heavy atom. The van der Waals surface area contributed by atoms with E-state index in [1.54, 1.807) is 0 Å². The summed E-state index contributed by atoms with van der Waals surface area (Å²) in [5, 5.41) is 11.7. The molecule has 0 radical (unpaired) electrons. The Balaban J connectivity index is 2.65. The van der Waals surface area contributed by atoms with E-state index in [4.69, 9.17) is 16.7 Å². The Morgan fingerprint density at radius 2 is 1.91 bits per heavy atom. The van der Waals surface area contributed by atoms with Crippen LogP contribution in [0.4, 0.5) is 17.6 Å². The topological polar surface area (TPSA) is 72.2 Å². The highest BCUT2D eigenvalue weighted by atomic mass is 35.5. The second-order valence-electron chi connectivity index (χ2n) is 4.08. The van der Waals surface area contributed by atoms with Crippen LogP contribution < -0.4 is 5.56 Å². The number of hydrogen-bond acceptors (Lipinski definition) is 3. The van der Waals surface area contributed by atoms with Gasteiger partial charge in [0, 0.05) is 6.07 Å².